The van der Waals surface area contributed by atoms with E-state index < -0.39 is 54.5 Å². The van der Waals surface area contributed by atoms with Gasteiger partial charge >= 0.3 is 0 Å². The molecule has 3 amide bonds. The van der Waals surface area contributed by atoms with Crippen LogP contribution in [-0.2, 0) is 27.3 Å². The number of pyridine rings is 1. The van der Waals surface area contributed by atoms with E-state index in [-0.39, 0.29) is 17.1 Å². The number of carbonyl (C=O) groups excluding carboxylic acids is 4. The first-order chi connectivity index (χ1) is 18.4. The molecule has 1 aromatic carbocycles. The summed E-state index contributed by atoms with van der Waals surface area (Å²) in [5.74, 6) is -6.50. The summed E-state index contributed by atoms with van der Waals surface area (Å²) in [5.41, 5.74) is 1.22. The lowest BCUT2D eigenvalue weighted by molar-refractivity contribution is -0.144. The van der Waals surface area contributed by atoms with Crippen LogP contribution in [0.2, 0.25) is 5.02 Å². The van der Waals surface area contributed by atoms with E-state index >= 15 is 0 Å². The van der Waals surface area contributed by atoms with Crippen LogP contribution >= 0.6 is 11.6 Å². The summed E-state index contributed by atoms with van der Waals surface area (Å²) >= 11 is 6.06. The van der Waals surface area contributed by atoms with Gasteiger partial charge in [-0.2, -0.15) is 0 Å². The van der Waals surface area contributed by atoms with Gasteiger partial charge in [-0.15, -0.1) is 0 Å². The van der Waals surface area contributed by atoms with Crippen molar-refractivity contribution in [3.63, 3.8) is 0 Å². The maximum Gasteiger partial charge on any atom is 0.289 e. The zero-order valence-electron chi connectivity index (χ0n) is 21.8. The fourth-order valence-electron chi connectivity index (χ4n) is 4.13. The standard InChI is InChI=1S/C26H29ClF2N4O6/c1-5-16-9-17(18(27)12-30-16)23(35)32-14(2)25(37)33-13-26(28,29)10-19(33)22(34)24(36)31-11-15-6-7-20(38-3)21(8-15)39-4/h6-9,12,14,19H,5,10-11,13H2,1-4H3,(H,31,36)(H,32,35)/t14-,19-/m0/s1. The fraction of sp³-hybridized carbons (Fsp3) is 0.423. The third-order valence-electron chi connectivity index (χ3n) is 6.22. The van der Waals surface area contributed by atoms with Gasteiger partial charge < -0.3 is 25.0 Å². The number of carbonyl (C=O) groups is 4. The molecule has 3 rings (SSSR count). The Balaban J connectivity index is 1.69. The maximum absolute atomic E-state index is 14.3. The number of aryl methyl sites for hydroxylation is 1. The van der Waals surface area contributed by atoms with Gasteiger partial charge in [0.15, 0.2) is 11.5 Å². The summed E-state index contributed by atoms with van der Waals surface area (Å²) in [6.45, 7) is 1.96. The highest BCUT2D eigenvalue weighted by atomic mass is 35.5. The van der Waals surface area contributed by atoms with Crippen LogP contribution in [0.4, 0.5) is 8.78 Å². The number of nitrogens with one attached hydrogen (secondary N) is 2. The minimum Gasteiger partial charge on any atom is -0.493 e. The molecular weight excluding hydrogens is 538 g/mol. The van der Waals surface area contributed by atoms with Crippen molar-refractivity contribution in [2.45, 2.75) is 51.2 Å². The van der Waals surface area contributed by atoms with E-state index in [1.807, 2.05) is 6.92 Å². The van der Waals surface area contributed by atoms with Crippen molar-refractivity contribution < 1.29 is 37.4 Å². The Kier molecular flexibility index (Phi) is 9.44. The van der Waals surface area contributed by atoms with Crippen molar-refractivity contribution in [3.05, 3.63) is 52.3 Å². The van der Waals surface area contributed by atoms with Gasteiger partial charge in [0.05, 0.1) is 31.4 Å². The number of hydrogen-bond acceptors (Lipinski definition) is 7. The topological polar surface area (TPSA) is 127 Å². The number of ketones is 1. The van der Waals surface area contributed by atoms with Gasteiger partial charge in [-0.25, -0.2) is 8.78 Å². The van der Waals surface area contributed by atoms with Crippen LogP contribution in [0, 0.1) is 0 Å². The lowest BCUT2D eigenvalue weighted by Crippen LogP contribution is -2.52. The minimum atomic E-state index is -3.40. The SMILES string of the molecule is CCc1cc(C(=O)N[C@@H](C)C(=O)N2CC(F)(F)C[C@H]2C(=O)C(=O)NCc2ccc(OC)c(OC)c2)c(Cl)cn1. The van der Waals surface area contributed by atoms with Crippen LogP contribution in [0.1, 0.15) is 41.9 Å². The number of Topliss-reactive ketones (excluding diaryl/α,β-unsaturated/α-hetero) is 1. The molecule has 1 aromatic heterocycles. The number of hydrogen-bond donors (Lipinski definition) is 2. The van der Waals surface area contributed by atoms with Gasteiger partial charge in [0.2, 0.25) is 11.7 Å². The Hall–Kier alpha value is -3.80. The highest BCUT2D eigenvalue weighted by Crippen LogP contribution is 2.33. The van der Waals surface area contributed by atoms with Gasteiger partial charge in [0, 0.05) is 24.9 Å². The van der Waals surface area contributed by atoms with Crippen molar-refractivity contribution in [2.75, 3.05) is 20.8 Å². The lowest BCUT2D eigenvalue weighted by atomic mass is 10.1. The van der Waals surface area contributed by atoms with Crippen LogP contribution in [-0.4, -0.2) is 72.2 Å². The van der Waals surface area contributed by atoms with Gasteiger partial charge in [-0.3, -0.25) is 24.2 Å². The Morgan fingerprint density at radius 3 is 2.51 bits per heavy atom. The number of benzene rings is 1. The van der Waals surface area contributed by atoms with E-state index in [0.29, 0.717) is 34.1 Å². The molecule has 0 radical (unpaired) electrons. The molecule has 0 aliphatic carbocycles. The van der Waals surface area contributed by atoms with Gasteiger partial charge in [-0.1, -0.05) is 24.6 Å². The van der Waals surface area contributed by atoms with E-state index in [2.05, 4.69) is 15.6 Å². The molecule has 39 heavy (non-hydrogen) atoms. The molecule has 13 heteroatoms. The summed E-state index contributed by atoms with van der Waals surface area (Å²) in [7, 11) is 2.90. The lowest BCUT2D eigenvalue weighted by Gasteiger charge is -2.26. The van der Waals surface area contributed by atoms with Crippen LogP contribution in [0.5, 0.6) is 11.5 Å². The second-order valence-corrected chi connectivity index (χ2v) is 9.39. The monoisotopic (exact) mass is 566 g/mol. The normalized spacial score (nSPS) is 16.8. The smallest absolute Gasteiger partial charge is 0.289 e. The maximum atomic E-state index is 14.3. The second-order valence-electron chi connectivity index (χ2n) is 8.98. The first-order valence-electron chi connectivity index (χ1n) is 12.1. The van der Waals surface area contributed by atoms with Crippen LogP contribution < -0.4 is 20.1 Å². The quantitative estimate of drug-likeness (QED) is 0.423. The van der Waals surface area contributed by atoms with Gasteiger partial charge in [-0.05, 0) is 37.1 Å². The first kappa shape index (κ1) is 29.8. The van der Waals surface area contributed by atoms with Crippen molar-refractivity contribution in [3.8, 4) is 11.5 Å². The highest BCUT2D eigenvalue weighted by Gasteiger charge is 2.51. The number of halogens is 3. The molecule has 0 bridgehead atoms. The molecule has 0 spiro atoms. The Bertz CT molecular complexity index is 1280. The molecule has 0 unspecified atom stereocenters. The van der Waals surface area contributed by atoms with Gasteiger partial charge in [0.25, 0.3) is 17.7 Å². The fourth-order valence-corrected chi connectivity index (χ4v) is 4.32. The molecule has 1 aliphatic heterocycles. The summed E-state index contributed by atoms with van der Waals surface area (Å²) in [6.07, 6.45) is 0.822. The van der Waals surface area contributed by atoms with Crippen LogP contribution in [0.25, 0.3) is 0 Å². The molecule has 1 aliphatic rings. The van der Waals surface area contributed by atoms with Crippen molar-refractivity contribution in [2.24, 2.45) is 0 Å². The minimum absolute atomic E-state index is 0.0521. The number of nitrogens with zero attached hydrogens (tertiary/aromatic N) is 2. The molecule has 0 saturated carbocycles. The van der Waals surface area contributed by atoms with E-state index in [4.69, 9.17) is 21.1 Å². The first-order valence-corrected chi connectivity index (χ1v) is 12.4. The number of ether oxygens (including phenoxy) is 2. The molecule has 2 N–H and O–H groups in total. The predicted molar refractivity (Wildman–Crippen MR) is 137 cm³/mol. The van der Waals surface area contributed by atoms with E-state index in [1.165, 1.54) is 33.4 Å². The number of aromatic nitrogens is 1. The molecular formula is C26H29ClF2N4O6. The molecule has 2 heterocycles. The predicted octanol–water partition coefficient (Wildman–Crippen LogP) is 2.55. The van der Waals surface area contributed by atoms with Crippen molar-refractivity contribution >= 4 is 35.1 Å². The van der Waals surface area contributed by atoms with E-state index in [9.17, 15) is 28.0 Å². The summed E-state index contributed by atoms with van der Waals surface area (Å²) in [6, 6.07) is 3.31. The van der Waals surface area contributed by atoms with Crippen molar-refractivity contribution in [1.29, 1.82) is 0 Å². The largest absolute Gasteiger partial charge is 0.493 e. The number of rotatable bonds is 10. The van der Waals surface area contributed by atoms with Gasteiger partial charge in [0.1, 0.15) is 12.1 Å². The third kappa shape index (κ3) is 6.99. The van der Waals surface area contributed by atoms with Crippen LogP contribution in [0.3, 0.4) is 0 Å². The summed E-state index contributed by atoms with van der Waals surface area (Å²) in [5, 5.41) is 4.87. The molecule has 2 atom stereocenters. The molecule has 1 fully saturated rings. The number of methoxy groups -OCH3 is 2. The van der Waals surface area contributed by atoms with Crippen LogP contribution in [0.15, 0.2) is 30.5 Å². The number of alkyl halides is 2. The number of amides is 3. The van der Waals surface area contributed by atoms with E-state index in [1.54, 1.807) is 18.2 Å². The Morgan fingerprint density at radius 2 is 1.87 bits per heavy atom. The second kappa shape index (κ2) is 12.4. The average molecular weight is 567 g/mol. The molecule has 10 nitrogen and oxygen atoms in total. The zero-order chi connectivity index (χ0) is 28.9. The Morgan fingerprint density at radius 1 is 1.18 bits per heavy atom. The van der Waals surface area contributed by atoms with E-state index in [0.717, 1.165) is 0 Å². The Labute approximate surface area is 229 Å². The van der Waals surface area contributed by atoms with Crippen molar-refractivity contribution in [1.82, 2.24) is 20.5 Å². The highest BCUT2D eigenvalue weighted by molar-refractivity contribution is 6.38. The summed E-state index contributed by atoms with van der Waals surface area (Å²) in [4.78, 5) is 56.0. The average Bonchev–Trinajstić information content (AvgIpc) is 3.25. The number of likely N-dealkylation sites (tertiary alicyclic amines) is 1. The third-order valence-corrected chi connectivity index (χ3v) is 6.52. The summed E-state index contributed by atoms with van der Waals surface area (Å²) < 4.78 is 39.0. The molecule has 1 saturated heterocycles. The molecule has 210 valence electrons. The molecule has 2 aromatic rings. The zero-order valence-corrected chi connectivity index (χ0v) is 22.6.